The molecule has 0 radical (unpaired) electrons. The average molecular weight is 497 g/mol. The molecule has 9 heteroatoms. The van der Waals surface area contributed by atoms with E-state index in [0.717, 1.165) is 33.6 Å². The van der Waals surface area contributed by atoms with Crippen LogP contribution in [0.1, 0.15) is 27.8 Å². The zero-order valence-corrected chi connectivity index (χ0v) is 21.3. The number of aryl methyl sites for hydroxylation is 2. The lowest BCUT2D eigenvalue weighted by Gasteiger charge is -2.10. The minimum Gasteiger partial charge on any atom is -0.325 e. The maximum absolute atomic E-state index is 12.4. The first-order valence-electron chi connectivity index (χ1n) is 10.2. The van der Waals surface area contributed by atoms with E-state index in [1.165, 1.54) is 35.1 Å². The van der Waals surface area contributed by atoms with Crippen LogP contribution >= 0.6 is 35.1 Å². The van der Waals surface area contributed by atoms with Crippen LogP contribution in [0.4, 0.5) is 11.4 Å². The highest BCUT2D eigenvalue weighted by Crippen LogP contribution is 2.34. The van der Waals surface area contributed by atoms with Gasteiger partial charge in [0.15, 0.2) is 0 Å². The fourth-order valence-corrected chi connectivity index (χ4v) is 5.66. The minimum atomic E-state index is -0.160. The zero-order valence-electron chi connectivity index (χ0n) is 18.8. The van der Waals surface area contributed by atoms with E-state index in [9.17, 15) is 14.9 Å². The molecule has 2 N–H and O–H groups in total. The van der Waals surface area contributed by atoms with Crippen LogP contribution in [0, 0.1) is 39.0 Å². The van der Waals surface area contributed by atoms with Crippen LogP contribution in [0.25, 0.3) is 0 Å². The van der Waals surface area contributed by atoms with Crippen molar-refractivity contribution < 1.29 is 9.59 Å². The van der Waals surface area contributed by atoms with Crippen molar-refractivity contribution in [2.75, 3.05) is 22.1 Å². The van der Waals surface area contributed by atoms with Gasteiger partial charge in [0.25, 0.3) is 0 Å². The fourth-order valence-electron chi connectivity index (χ4n) is 2.96. The van der Waals surface area contributed by atoms with Crippen LogP contribution < -0.4 is 10.6 Å². The molecule has 6 nitrogen and oxygen atoms in total. The van der Waals surface area contributed by atoms with E-state index in [-0.39, 0.29) is 23.3 Å². The second-order valence-corrected chi connectivity index (χ2v) is 10.4. The Bertz CT molecular complexity index is 1140. The second-order valence-electron chi connectivity index (χ2n) is 7.43. The minimum absolute atomic E-state index is 0.142. The van der Waals surface area contributed by atoms with E-state index in [0.29, 0.717) is 14.8 Å². The first-order valence-corrected chi connectivity index (χ1v) is 12.9. The standard InChI is InChI=1S/C24H24N4O2S3/c1-14-7-5-9-19(16(14)3)26-21(29)12-31-23-18(11-25)24(33-28-23)32-13-22(30)27-20-10-6-8-15(2)17(20)4/h5-10H,12-13H2,1-4H3,(H,26,29)(H,27,30). The number of hydrogen-bond acceptors (Lipinski definition) is 7. The summed E-state index contributed by atoms with van der Waals surface area (Å²) in [5.74, 6) is 0.00520. The van der Waals surface area contributed by atoms with E-state index in [4.69, 9.17) is 0 Å². The van der Waals surface area contributed by atoms with Crippen molar-refractivity contribution in [3.05, 3.63) is 64.2 Å². The molecule has 0 aliphatic heterocycles. The van der Waals surface area contributed by atoms with E-state index in [1.54, 1.807) is 0 Å². The number of nitriles is 1. The van der Waals surface area contributed by atoms with Crippen LogP contribution in [0.3, 0.4) is 0 Å². The highest BCUT2D eigenvalue weighted by molar-refractivity contribution is 8.02. The first kappa shape index (κ1) is 24.8. The summed E-state index contributed by atoms with van der Waals surface area (Å²) in [5, 5.41) is 16.0. The number of nitrogens with zero attached hydrogens (tertiary/aromatic N) is 2. The van der Waals surface area contributed by atoms with Gasteiger partial charge >= 0.3 is 0 Å². The maximum atomic E-state index is 12.4. The third kappa shape index (κ3) is 6.38. The predicted molar refractivity (Wildman–Crippen MR) is 137 cm³/mol. The molecule has 0 saturated heterocycles. The second kappa shape index (κ2) is 11.4. The molecule has 3 rings (SSSR count). The van der Waals surface area contributed by atoms with E-state index < -0.39 is 0 Å². The van der Waals surface area contributed by atoms with E-state index >= 15 is 0 Å². The van der Waals surface area contributed by atoms with Gasteiger partial charge in [0.05, 0.1) is 11.5 Å². The molecule has 170 valence electrons. The SMILES string of the molecule is Cc1cccc(NC(=O)CSc2nsc(SCC(=O)Nc3cccc(C)c3C)c2C#N)c1C. The number of amides is 2. The Morgan fingerprint density at radius 1 is 0.909 bits per heavy atom. The third-order valence-corrected chi connectivity index (χ3v) is 8.36. The molecule has 0 fully saturated rings. The van der Waals surface area contributed by atoms with Gasteiger partial charge in [0, 0.05) is 11.4 Å². The van der Waals surface area contributed by atoms with Gasteiger partial charge in [-0.15, -0.1) is 11.8 Å². The molecule has 33 heavy (non-hydrogen) atoms. The highest BCUT2D eigenvalue weighted by Gasteiger charge is 2.18. The van der Waals surface area contributed by atoms with Crippen molar-refractivity contribution >= 4 is 58.2 Å². The predicted octanol–water partition coefficient (Wildman–Crippen LogP) is 5.71. The topological polar surface area (TPSA) is 94.9 Å². The Kier molecular flexibility index (Phi) is 8.55. The quantitative estimate of drug-likeness (QED) is 0.388. The largest absolute Gasteiger partial charge is 0.325 e. The van der Waals surface area contributed by atoms with Gasteiger partial charge in [0.1, 0.15) is 20.9 Å². The molecule has 3 aromatic rings. The van der Waals surface area contributed by atoms with Crippen molar-refractivity contribution in [3.8, 4) is 6.07 Å². The lowest BCUT2D eigenvalue weighted by atomic mass is 10.1. The normalized spacial score (nSPS) is 10.5. The van der Waals surface area contributed by atoms with Gasteiger partial charge in [-0.1, -0.05) is 36.0 Å². The molecule has 0 spiro atoms. The van der Waals surface area contributed by atoms with Crippen molar-refractivity contribution in [1.82, 2.24) is 4.37 Å². The van der Waals surface area contributed by atoms with Gasteiger partial charge in [-0.3, -0.25) is 9.59 Å². The Hall–Kier alpha value is -2.80. The Morgan fingerprint density at radius 3 is 1.94 bits per heavy atom. The van der Waals surface area contributed by atoms with Crippen molar-refractivity contribution in [2.24, 2.45) is 0 Å². The van der Waals surface area contributed by atoms with E-state index in [1.807, 2.05) is 64.1 Å². The van der Waals surface area contributed by atoms with Crippen LogP contribution in [0.15, 0.2) is 45.6 Å². The van der Waals surface area contributed by atoms with E-state index in [2.05, 4.69) is 21.1 Å². The molecule has 1 heterocycles. The summed E-state index contributed by atoms with van der Waals surface area (Å²) in [4.78, 5) is 24.8. The highest BCUT2D eigenvalue weighted by atomic mass is 32.2. The molecule has 0 unspecified atom stereocenters. The summed E-state index contributed by atoms with van der Waals surface area (Å²) in [6, 6.07) is 13.7. The molecule has 0 aliphatic rings. The number of anilines is 2. The Labute approximate surface area is 206 Å². The lowest BCUT2D eigenvalue weighted by Crippen LogP contribution is -2.15. The molecule has 0 saturated carbocycles. The Morgan fingerprint density at radius 2 is 1.42 bits per heavy atom. The van der Waals surface area contributed by atoms with Gasteiger partial charge < -0.3 is 10.6 Å². The van der Waals surface area contributed by atoms with Crippen LogP contribution in [0.2, 0.25) is 0 Å². The average Bonchev–Trinajstić information content (AvgIpc) is 3.19. The number of nitrogens with one attached hydrogen (secondary N) is 2. The monoisotopic (exact) mass is 496 g/mol. The molecule has 2 aromatic carbocycles. The summed E-state index contributed by atoms with van der Waals surface area (Å²) >= 11 is 3.67. The molecule has 0 atom stereocenters. The number of carbonyl (C=O) groups is 2. The summed E-state index contributed by atoms with van der Waals surface area (Å²) < 4.78 is 5.01. The van der Waals surface area contributed by atoms with Crippen molar-refractivity contribution in [3.63, 3.8) is 0 Å². The first-order chi connectivity index (χ1) is 15.8. The van der Waals surface area contributed by atoms with Crippen LogP contribution in [0.5, 0.6) is 0 Å². The number of aromatic nitrogens is 1. The summed E-state index contributed by atoms with van der Waals surface area (Å²) in [5.41, 5.74) is 6.26. The number of carbonyl (C=O) groups excluding carboxylic acids is 2. The van der Waals surface area contributed by atoms with Crippen LogP contribution in [-0.4, -0.2) is 27.7 Å². The summed E-state index contributed by atoms with van der Waals surface area (Å²) in [6.07, 6.45) is 0. The summed E-state index contributed by atoms with van der Waals surface area (Å²) in [7, 11) is 0. The number of hydrogen-bond donors (Lipinski definition) is 2. The number of rotatable bonds is 8. The van der Waals surface area contributed by atoms with Gasteiger partial charge in [-0.2, -0.15) is 9.64 Å². The Balaban J connectivity index is 1.56. The molecule has 0 aliphatic carbocycles. The fraction of sp³-hybridized carbons (Fsp3) is 0.250. The lowest BCUT2D eigenvalue weighted by molar-refractivity contribution is -0.114. The summed E-state index contributed by atoms with van der Waals surface area (Å²) in [6.45, 7) is 7.93. The van der Waals surface area contributed by atoms with Gasteiger partial charge in [-0.25, -0.2) is 0 Å². The van der Waals surface area contributed by atoms with Crippen molar-refractivity contribution in [1.29, 1.82) is 5.26 Å². The maximum Gasteiger partial charge on any atom is 0.234 e. The zero-order chi connectivity index (χ0) is 24.0. The number of benzene rings is 2. The molecule has 2 amide bonds. The van der Waals surface area contributed by atoms with Crippen LogP contribution in [-0.2, 0) is 9.59 Å². The van der Waals surface area contributed by atoms with Gasteiger partial charge in [0.2, 0.25) is 11.8 Å². The van der Waals surface area contributed by atoms with Gasteiger partial charge in [-0.05, 0) is 73.6 Å². The molecule has 1 aromatic heterocycles. The van der Waals surface area contributed by atoms with Crippen molar-refractivity contribution in [2.45, 2.75) is 36.9 Å². The number of thioether (sulfide) groups is 2. The third-order valence-electron chi connectivity index (χ3n) is 5.17. The molecule has 0 bridgehead atoms. The molecular weight excluding hydrogens is 472 g/mol. The molecular formula is C24H24N4O2S3. The smallest absolute Gasteiger partial charge is 0.234 e.